The molecule has 4 aromatic rings. The van der Waals surface area contributed by atoms with Gasteiger partial charge >= 0.3 is 0 Å². The van der Waals surface area contributed by atoms with Crippen LogP contribution in [0.15, 0.2) is 79.1 Å². The van der Waals surface area contributed by atoms with Gasteiger partial charge < -0.3 is 14.5 Å². The van der Waals surface area contributed by atoms with Gasteiger partial charge in [0.05, 0.1) is 0 Å². The second-order valence-corrected chi connectivity index (χ2v) is 7.35. The van der Waals surface area contributed by atoms with Crippen LogP contribution in [0.2, 0.25) is 0 Å². The first-order chi connectivity index (χ1) is 14.1. The highest BCUT2D eigenvalue weighted by Crippen LogP contribution is 2.26. The van der Waals surface area contributed by atoms with Gasteiger partial charge in [-0.1, -0.05) is 44.2 Å². The molecule has 5 nitrogen and oxygen atoms in total. The topological polar surface area (TPSA) is 55.6 Å². The number of nitrogens with zero attached hydrogens (tertiary/aromatic N) is 2. The van der Waals surface area contributed by atoms with Crippen molar-refractivity contribution in [3.8, 4) is 22.6 Å². The van der Waals surface area contributed by atoms with Crippen molar-refractivity contribution in [2.75, 3.05) is 6.54 Å². The summed E-state index contributed by atoms with van der Waals surface area (Å²) in [5, 5.41) is 2.90. The monoisotopic (exact) mass is 385 g/mol. The maximum atomic E-state index is 12.3. The van der Waals surface area contributed by atoms with Crippen LogP contribution in [0.3, 0.4) is 0 Å². The van der Waals surface area contributed by atoms with Crippen LogP contribution in [0.4, 0.5) is 0 Å². The molecule has 146 valence electrons. The Hall–Kier alpha value is -3.60. The number of aromatic nitrogens is 2. The number of amides is 1. The van der Waals surface area contributed by atoms with E-state index in [4.69, 9.17) is 4.74 Å². The van der Waals surface area contributed by atoms with Crippen molar-refractivity contribution in [2.45, 2.75) is 13.8 Å². The predicted octanol–water partition coefficient (Wildman–Crippen LogP) is 5.18. The van der Waals surface area contributed by atoms with Crippen LogP contribution in [0.25, 0.3) is 16.8 Å². The summed E-state index contributed by atoms with van der Waals surface area (Å²) in [4.78, 5) is 16.7. The molecule has 4 rings (SSSR count). The van der Waals surface area contributed by atoms with Crippen LogP contribution < -0.4 is 10.1 Å². The number of nitrogens with one attached hydrogen (secondary N) is 1. The average molecular weight is 385 g/mol. The lowest BCUT2D eigenvalue weighted by Gasteiger charge is -2.07. The average Bonchev–Trinajstić information content (AvgIpc) is 3.17. The molecule has 5 heteroatoms. The molecule has 0 radical (unpaired) electrons. The highest BCUT2D eigenvalue weighted by molar-refractivity contribution is 5.92. The van der Waals surface area contributed by atoms with Gasteiger partial charge in [-0.25, -0.2) is 4.98 Å². The molecule has 0 aliphatic carbocycles. The van der Waals surface area contributed by atoms with Crippen molar-refractivity contribution in [3.63, 3.8) is 0 Å². The highest BCUT2D eigenvalue weighted by Gasteiger charge is 2.11. The normalized spacial score (nSPS) is 11.0. The number of carbonyl (C=O) groups excluding carboxylic acids is 1. The van der Waals surface area contributed by atoms with Crippen LogP contribution in [-0.2, 0) is 0 Å². The van der Waals surface area contributed by atoms with Crippen molar-refractivity contribution in [3.05, 3.63) is 84.8 Å². The van der Waals surface area contributed by atoms with Gasteiger partial charge in [-0.15, -0.1) is 0 Å². The smallest absolute Gasteiger partial charge is 0.271 e. The van der Waals surface area contributed by atoms with E-state index in [2.05, 4.69) is 24.1 Å². The summed E-state index contributed by atoms with van der Waals surface area (Å²) >= 11 is 0. The maximum absolute atomic E-state index is 12.3. The first kappa shape index (κ1) is 18.7. The SMILES string of the molecule is CC(C)CNC(=O)c1cn2cc(-c3ccc(Oc4ccccc4)cc3)ccc2n1. The number of hydrogen-bond acceptors (Lipinski definition) is 3. The number of hydrogen-bond donors (Lipinski definition) is 1. The van der Waals surface area contributed by atoms with Gasteiger partial charge in [0.25, 0.3) is 5.91 Å². The zero-order valence-corrected chi connectivity index (χ0v) is 16.5. The van der Waals surface area contributed by atoms with E-state index < -0.39 is 0 Å². The molecule has 0 aliphatic rings. The van der Waals surface area contributed by atoms with Gasteiger partial charge in [0, 0.05) is 18.9 Å². The number of benzene rings is 2. The lowest BCUT2D eigenvalue weighted by atomic mass is 10.1. The molecule has 0 spiro atoms. The molecule has 1 N–H and O–H groups in total. The molecule has 0 atom stereocenters. The molecule has 2 aromatic carbocycles. The molecule has 2 aromatic heterocycles. The number of ether oxygens (including phenoxy) is 1. The Morgan fingerprint density at radius 2 is 1.62 bits per heavy atom. The van der Waals surface area contributed by atoms with Gasteiger partial charge in [-0.2, -0.15) is 0 Å². The predicted molar refractivity (Wildman–Crippen MR) is 114 cm³/mol. The Morgan fingerprint density at radius 1 is 0.931 bits per heavy atom. The van der Waals surface area contributed by atoms with Gasteiger partial charge in [0.15, 0.2) is 0 Å². The fourth-order valence-corrected chi connectivity index (χ4v) is 3.00. The van der Waals surface area contributed by atoms with E-state index >= 15 is 0 Å². The number of carbonyl (C=O) groups is 1. The van der Waals surface area contributed by atoms with E-state index in [-0.39, 0.29) is 5.91 Å². The summed E-state index contributed by atoms with van der Waals surface area (Å²) in [5.41, 5.74) is 3.27. The van der Waals surface area contributed by atoms with Crippen molar-refractivity contribution in [2.24, 2.45) is 5.92 Å². The third-order valence-corrected chi connectivity index (χ3v) is 4.52. The molecule has 0 fully saturated rings. The van der Waals surface area contributed by atoms with Crippen molar-refractivity contribution in [1.29, 1.82) is 0 Å². The Kier molecular flexibility index (Phi) is 5.29. The van der Waals surface area contributed by atoms with Crippen LogP contribution in [0, 0.1) is 5.92 Å². The second-order valence-electron chi connectivity index (χ2n) is 7.35. The van der Waals surface area contributed by atoms with Crippen LogP contribution >= 0.6 is 0 Å². The Balaban J connectivity index is 1.52. The first-order valence-electron chi connectivity index (χ1n) is 9.69. The molecule has 0 bridgehead atoms. The van der Waals surface area contributed by atoms with Crippen LogP contribution in [-0.4, -0.2) is 21.8 Å². The van der Waals surface area contributed by atoms with E-state index in [1.807, 2.05) is 77.3 Å². The molecule has 0 aliphatic heterocycles. The minimum atomic E-state index is -0.147. The second kappa shape index (κ2) is 8.19. The lowest BCUT2D eigenvalue weighted by Crippen LogP contribution is -2.27. The van der Waals surface area contributed by atoms with Gasteiger partial charge in [0.2, 0.25) is 0 Å². The zero-order valence-electron chi connectivity index (χ0n) is 16.5. The van der Waals surface area contributed by atoms with Crippen molar-refractivity contribution in [1.82, 2.24) is 14.7 Å². The van der Waals surface area contributed by atoms with Gasteiger partial charge in [-0.05, 0) is 53.4 Å². The minimum Gasteiger partial charge on any atom is -0.457 e. The van der Waals surface area contributed by atoms with Crippen LogP contribution in [0.5, 0.6) is 11.5 Å². The standard InChI is InChI=1S/C24H23N3O2/c1-17(2)14-25-24(28)22-16-27-15-19(10-13-23(27)26-22)18-8-11-21(12-9-18)29-20-6-4-3-5-7-20/h3-13,15-17H,14H2,1-2H3,(H,25,28). The Bertz CT molecular complexity index is 1120. The summed E-state index contributed by atoms with van der Waals surface area (Å²) in [6, 6.07) is 21.6. The van der Waals surface area contributed by atoms with Gasteiger partial charge in [-0.3, -0.25) is 4.79 Å². The molecular weight excluding hydrogens is 362 g/mol. The van der Waals surface area contributed by atoms with E-state index in [1.165, 1.54) is 0 Å². The molecule has 0 saturated carbocycles. The van der Waals surface area contributed by atoms with Gasteiger partial charge in [0.1, 0.15) is 22.8 Å². The molecule has 0 unspecified atom stereocenters. The van der Waals surface area contributed by atoms with Crippen molar-refractivity contribution >= 4 is 11.6 Å². The lowest BCUT2D eigenvalue weighted by molar-refractivity contribution is 0.0944. The summed E-state index contributed by atoms with van der Waals surface area (Å²) in [6.07, 6.45) is 3.75. The first-order valence-corrected chi connectivity index (χ1v) is 9.69. The summed E-state index contributed by atoms with van der Waals surface area (Å²) in [7, 11) is 0. The number of fused-ring (bicyclic) bond motifs is 1. The molecule has 1 amide bonds. The van der Waals surface area contributed by atoms with Crippen LogP contribution in [0.1, 0.15) is 24.3 Å². The number of para-hydroxylation sites is 1. The van der Waals surface area contributed by atoms with Crippen molar-refractivity contribution < 1.29 is 9.53 Å². The minimum absolute atomic E-state index is 0.147. The third-order valence-electron chi connectivity index (χ3n) is 4.52. The summed E-state index contributed by atoms with van der Waals surface area (Å²) < 4.78 is 7.73. The maximum Gasteiger partial charge on any atom is 0.271 e. The highest BCUT2D eigenvalue weighted by atomic mass is 16.5. The Morgan fingerprint density at radius 3 is 2.34 bits per heavy atom. The van der Waals surface area contributed by atoms with E-state index in [9.17, 15) is 4.79 Å². The van der Waals surface area contributed by atoms with E-state index in [1.54, 1.807) is 6.20 Å². The third kappa shape index (κ3) is 4.46. The van der Waals surface area contributed by atoms with E-state index in [0.717, 1.165) is 28.3 Å². The molecule has 2 heterocycles. The summed E-state index contributed by atoms with van der Waals surface area (Å²) in [5.74, 6) is 1.85. The molecule has 29 heavy (non-hydrogen) atoms. The fraction of sp³-hybridized carbons (Fsp3) is 0.167. The quantitative estimate of drug-likeness (QED) is 0.498. The number of rotatable bonds is 6. The molecule has 0 saturated heterocycles. The van der Waals surface area contributed by atoms with E-state index in [0.29, 0.717) is 18.2 Å². The largest absolute Gasteiger partial charge is 0.457 e. The zero-order chi connectivity index (χ0) is 20.2. The number of imidazole rings is 1. The fourth-order valence-electron chi connectivity index (χ4n) is 3.00. The Labute approximate surface area is 170 Å². The molecular formula is C24H23N3O2. The summed E-state index contributed by atoms with van der Waals surface area (Å²) in [6.45, 7) is 4.76. The number of pyridine rings is 1.